The van der Waals surface area contributed by atoms with E-state index < -0.39 is 0 Å². The molecule has 0 bridgehead atoms. The summed E-state index contributed by atoms with van der Waals surface area (Å²) in [6, 6.07) is 5.43. The molecule has 0 saturated carbocycles. The predicted octanol–water partition coefficient (Wildman–Crippen LogP) is 6.16. The van der Waals surface area contributed by atoms with Crippen molar-refractivity contribution in [1.82, 2.24) is 0 Å². The Morgan fingerprint density at radius 3 is 2.42 bits per heavy atom. The Balaban J connectivity index is 2.32. The first-order valence-electron chi connectivity index (χ1n) is 10.2. The lowest BCUT2D eigenvalue weighted by Crippen LogP contribution is -2.16. The van der Waals surface area contributed by atoms with Gasteiger partial charge in [0.2, 0.25) is 0 Å². The maximum Gasteiger partial charge on any atom is 0.310 e. The molecule has 3 heteroatoms. The summed E-state index contributed by atoms with van der Waals surface area (Å²) in [7, 11) is 0. The molecule has 0 unspecified atom stereocenters. The fourth-order valence-corrected chi connectivity index (χ4v) is 3.01. The summed E-state index contributed by atoms with van der Waals surface area (Å²) in [5, 5.41) is 10.1. The highest BCUT2D eigenvalue weighted by molar-refractivity contribution is 5.72. The molecule has 0 aliphatic carbocycles. The lowest BCUT2D eigenvalue weighted by Gasteiger charge is -2.25. The number of unbranched alkanes of at least 4 members (excludes halogenated alkanes) is 4. The van der Waals surface area contributed by atoms with Gasteiger partial charge in [0.25, 0.3) is 0 Å². The van der Waals surface area contributed by atoms with Gasteiger partial charge in [-0.1, -0.05) is 78.9 Å². The fourth-order valence-electron chi connectivity index (χ4n) is 3.01. The van der Waals surface area contributed by atoms with Crippen LogP contribution in [0.3, 0.4) is 0 Å². The summed E-state index contributed by atoms with van der Waals surface area (Å²) in [6.07, 6.45) is 8.35. The van der Waals surface area contributed by atoms with Crippen molar-refractivity contribution in [2.75, 3.05) is 6.61 Å². The van der Waals surface area contributed by atoms with E-state index in [1.54, 1.807) is 12.1 Å². The van der Waals surface area contributed by atoms with Crippen molar-refractivity contribution in [3.63, 3.8) is 0 Å². The number of carbonyl (C=O) groups is 1. The first-order valence-corrected chi connectivity index (χ1v) is 10.2. The van der Waals surface area contributed by atoms with Gasteiger partial charge in [-0.25, -0.2) is 0 Å². The SMILES string of the molecule is CCC(C)(C)c1cc(CC(=O)OCCCCCCCC(C)C)ccc1O. The van der Waals surface area contributed by atoms with Crippen LogP contribution in [0.5, 0.6) is 5.75 Å². The second kappa shape index (κ2) is 11.3. The van der Waals surface area contributed by atoms with Gasteiger partial charge >= 0.3 is 5.97 Å². The minimum absolute atomic E-state index is 0.112. The normalized spacial score (nSPS) is 11.8. The lowest BCUT2D eigenvalue weighted by atomic mass is 9.81. The zero-order valence-electron chi connectivity index (χ0n) is 17.4. The molecule has 0 aliphatic rings. The van der Waals surface area contributed by atoms with E-state index in [1.165, 1.54) is 25.7 Å². The Kier molecular flexibility index (Phi) is 9.75. The Bertz CT molecular complexity index is 546. The van der Waals surface area contributed by atoms with E-state index >= 15 is 0 Å². The van der Waals surface area contributed by atoms with Gasteiger partial charge in [-0.3, -0.25) is 4.79 Å². The van der Waals surface area contributed by atoms with Crippen molar-refractivity contribution in [3.8, 4) is 5.75 Å². The van der Waals surface area contributed by atoms with E-state index in [9.17, 15) is 9.90 Å². The van der Waals surface area contributed by atoms with Crippen LogP contribution in [0.25, 0.3) is 0 Å². The zero-order valence-corrected chi connectivity index (χ0v) is 17.4. The Labute approximate surface area is 160 Å². The average molecular weight is 363 g/mol. The highest BCUT2D eigenvalue weighted by Crippen LogP contribution is 2.34. The van der Waals surface area contributed by atoms with Gasteiger partial charge in [0.05, 0.1) is 13.0 Å². The summed E-state index contributed by atoms with van der Waals surface area (Å²) in [5.74, 6) is 0.904. The molecule has 0 heterocycles. The standard InChI is InChI=1S/C23H38O3/c1-6-23(4,5)20-16-19(13-14-21(20)24)17-22(25)26-15-11-9-7-8-10-12-18(2)3/h13-14,16,18,24H,6-12,15,17H2,1-5H3. The topological polar surface area (TPSA) is 46.5 Å². The summed E-state index contributed by atoms with van der Waals surface area (Å²) >= 11 is 0. The van der Waals surface area contributed by atoms with Crippen LogP contribution in [0.1, 0.15) is 90.7 Å². The molecule has 0 aliphatic heterocycles. The van der Waals surface area contributed by atoms with Crippen molar-refractivity contribution in [1.29, 1.82) is 0 Å². The first-order chi connectivity index (χ1) is 12.3. The zero-order chi connectivity index (χ0) is 19.6. The molecule has 1 rings (SSSR count). The van der Waals surface area contributed by atoms with E-state index in [0.29, 0.717) is 12.4 Å². The molecule has 1 aromatic carbocycles. The highest BCUT2D eigenvalue weighted by atomic mass is 16.5. The second-order valence-corrected chi connectivity index (χ2v) is 8.44. The van der Waals surface area contributed by atoms with Crippen molar-refractivity contribution < 1.29 is 14.6 Å². The maximum absolute atomic E-state index is 12.1. The van der Waals surface area contributed by atoms with Crippen molar-refractivity contribution >= 4 is 5.97 Å². The minimum Gasteiger partial charge on any atom is -0.508 e. The Morgan fingerprint density at radius 1 is 1.12 bits per heavy atom. The van der Waals surface area contributed by atoms with Gasteiger partial charge < -0.3 is 9.84 Å². The van der Waals surface area contributed by atoms with Crippen molar-refractivity contribution in [2.24, 2.45) is 5.92 Å². The number of aromatic hydroxyl groups is 1. The van der Waals surface area contributed by atoms with E-state index in [0.717, 1.165) is 36.3 Å². The van der Waals surface area contributed by atoms with Crippen LogP contribution in [-0.2, 0) is 21.4 Å². The molecule has 3 nitrogen and oxygen atoms in total. The Morgan fingerprint density at radius 2 is 1.77 bits per heavy atom. The molecule has 1 N–H and O–H groups in total. The monoisotopic (exact) mass is 362 g/mol. The minimum atomic E-state index is -0.184. The predicted molar refractivity (Wildman–Crippen MR) is 109 cm³/mol. The largest absolute Gasteiger partial charge is 0.508 e. The lowest BCUT2D eigenvalue weighted by molar-refractivity contribution is -0.142. The molecule has 0 aromatic heterocycles. The molecule has 0 amide bonds. The second-order valence-electron chi connectivity index (χ2n) is 8.44. The van der Waals surface area contributed by atoms with E-state index in [2.05, 4.69) is 34.6 Å². The van der Waals surface area contributed by atoms with Crippen LogP contribution in [0.2, 0.25) is 0 Å². The quantitative estimate of drug-likeness (QED) is 0.358. The van der Waals surface area contributed by atoms with E-state index in [4.69, 9.17) is 4.74 Å². The molecule has 26 heavy (non-hydrogen) atoms. The maximum atomic E-state index is 12.1. The average Bonchev–Trinajstić information content (AvgIpc) is 2.58. The van der Waals surface area contributed by atoms with Gasteiger partial charge in [0.1, 0.15) is 5.75 Å². The number of hydrogen-bond acceptors (Lipinski definition) is 3. The van der Waals surface area contributed by atoms with E-state index in [-0.39, 0.29) is 17.8 Å². The number of benzene rings is 1. The van der Waals surface area contributed by atoms with Crippen LogP contribution in [-0.4, -0.2) is 17.7 Å². The number of rotatable bonds is 12. The van der Waals surface area contributed by atoms with Gasteiger partial charge in [-0.2, -0.15) is 0 Å². The van der Waals surface area contributed by atoms with Gasteiger partial charge in [0, 0.05) is 0 Å². The van der Waals surface area contributed by atoms with Crippen LogP contribution in [0.4, 0.5) is 0 Å². The van der Waals surface area contributed by atoms with Crippen LogP contribution in [0.15, 0.2) is 18.2 Å². The van der Waals surface area contributed by atoms with Crippen LogP contribution in [0, 0.1) is 5.92 Å². The van der Waals surface area contributed by atoms with Crippen molar-refractivity contribution in [3.05, 3.63) is 29.3 Å². The summed E-state index contributed by atoms with van der Waals surface area (Å²) in [5.41, 5.74) is 1.68. The summed E-state index contributed by atoms with van der Waals surface area (Å²) < 4.78 is 5.37. The molecular weight excluding hydrogens is 324 g/mol. The number of carbonyl (C=O) groups excluding carboxylic acids is 1. The molecule has 0 saturated heterocycles. The number of phenolic OH excluding ortho intramolecular Hbond substituents is 1. The number of esters is 1. The highest BCUT2D eigenvalue weighted by Gasteiger charge is 2.22. The molecule has 0 atom stereocenters. The van der Waals surface area contributed by atoms with Crippen molar-refractivity contribution in [2.45, 2.75) is 91.4 Å². The van der Waals surface area contributed by atoms with Gasteiger partial charge in [-0.05, 0) is 41.4 Å². The van der Waals surface area contributed by atoms with Gasteiger partial charge in [-0.15, -0.1) is 0 Å². The summed E-state index contributed by atoms with van der Waals surface area (Å²) in [4.78, 5) is 12.1. The van der Waals surface area contributed by atoms with Crippen LogP contribution < -0.4 is 0 Å². The molecular formula is C23H38O3. The number of ether oxygens (including phenoxy) is 1. The molecule has 0 spiro atoms. The third-order valence-corrected chi connectivity index (χ3v) is 5.21. The molecule has 1 aromatic rings. The third-order valence-electron chi connectivity index (χ3n) is 5.21. The third kappa shape index (κ3) is 8.25. The number of phenols is 1. The smallest absolute Gasteiger partial charge is 0.310 e. The van der Waals surface area contributed by atoms with Crippen LogP contribution >= 0.6 is 0 Å². The number of hydrogen-bond donors (Lipinski definition) is 1. The molecule has 148 valence electrons. The molecule has 0 radical (unpaired) electrons. The van der Waals surface area contributed by atoms with Gasteiger partial charge in [0.15, 0.2) is 0 Å². The fraction of sp³-hybridized carbons (Fsp3) is 0.696. The molecule has 0 fully saturated rings. The Hall–Kier alpha value is -1.51. The van der Waals surface area contributed by atoms with E-state index in [1.807, 2.05) is 6.07 Å². The first kappa shape index (κ1) is 22.5. The summed E-state index contributed by atoms with van der Waals surface area (Å²) in [6.45, 7) is 11.3.